The molecule has 0 aliphatic carbocycles. The summed E-state index contributed by atoms with van der Waals surface area (Å²) in [6.07, 6.45) is -0.398. The Balaban J connectivity index is 2.81. The zero-order valence-electron chi connectivity index (χ0n) is 15.6. The second-order valence-electron chi connectivity index (χ2n) is 7.04. The molecule has 1 aromatic rings. The first kappa shape index (κ1) is 22.7. The van der Waals surface area contributed by atoms with Crippen molar-refractivity contribution in [1.29, 1.82) is 0 Å². The largest absolute Gasteiger partial charge is 0.485 e. The molecule has 150 valence electrons. The lowest BCUT2D eigenvalue weighted by atomic mass is 9.99. The fourth-order valence-corrected chi connectivity index (χ4v) is 3.84. The number of unbranched alkanes of at least 4 members (excludes halogenated alkanes) is 1. The molecule has 0 bridgehead atoms. The van der Waals surface area contributed by atoms with Gasteiger partial charge in [0.05, 0.1) is 4.90 Å². The minimum absolute atomic E-state index is 0.232. The van der Waals surface area contributed by atoms with Crippen LogP contribution in [0.1, 0.15) is 33.1 Å². The number of ether oxygens (including phenoxy) is 1. The van der Waals surface area contributed by atoms with Crippen molar-refractivity contribution < 1.29 is 26.3 Å². The van der Waals surface area contributed by atoms with Crippen LogP contribution in [0.2, 0.25) is 0 Å². The van der Waals surface area contributed by atoms with E-state index < -0.39 is 40.2 Å². The summed E-state index contributed by atoms with van der Waals surface area (Å²) in [7, 11) is -0.00717. The third kappa shape index (κ3) is 7.92. The van der Waals surface area contributed by atoms with Gasteiger partial charge in [-0.2, -0.15) is 0 Å². The molecule has 0 saturated heterocycles. The van der Waals surface area contributed by atoms with E-state index in [-0.39, 0.29) is 4.90 Å². The van der Waals surface area contributed by atoms with Crippen molar-refractivity contribution in [2.24, 2.45) is 0 Å². The third-order valence-corrected chi connectivity index (χ3v) is 5.34. The van der Waals surface area contributed by atoms with E-state index in [0.717, 1.165) is 37.6 Å². The topological polar surface area (TPSA) is 58.6 Å². The molecule has 0 aromatic heterocycles. The van der Waals surface area contributed by atoms with E-state index in [1.54, 1.807) is 13.8 Å². The van der Waals surface area contributed by atoms with Crippen molar-refractivity contribution in [2.75, 3.05) is 27.2 Å². The van der Waals surface area contributed by atoms with Gasteiger partial charge in [0, 0.05) is 11.6 Å². The molecule has 0 unspecified atom stereocenters. The Morgan fingerprint density at radius 2 is 1.88 bits per heavy atom. The van der Waals surface area contributed by atoms with Crippen molar-refractivity contribution in [3.8, 4) is 5.75 Å². The van der Waals surface area contributed by atoms with Crippen LogP contribution in [0.4, 0.5) is 13.2 Å². The van der Waals surface area contributed by atoms with Crippen LogP contribution in [0.3, 0.4) is 0 Å². The van der Waals surface area contributed by atoms with Crippen LogP contribution in [-0.2, 0) is 10.0 Å². The lowest BCUT2D eigenvalue weighted by Gasteiger charge is -2.26. The van der Waals surface area contributed by atoms with Gasteiger partial charge in [-0.1, -0.05) is 6.42 Å². The van der Waals surface area contributed by atoms with Gasteiger partial charge in [-0.3, -0.25) is 0 Å². The summed E-state index contributed by atoms with van der Waals surface area (Å²) in [5.41, 5.74) is -0.705. The number of benzene rings is 1. The second kappa shape index (κ2) is 9.57. The first-order chi connectivity index (χ1) is 11.9. The van der Waals surface area contributed by atoms with E-state index in [0.29, 0.717) is 6.42 Å². The van der Waals surface area contributed by atoms with Crippen molar-refractivity contribution in [3.63, 3.8) is 0 Å². The van der Waals surface area contributed by atoms with Gasteiger partial charge in [-0.05, 0) is 59.5 Å². The molecule has 0 aliphatic heterocycles. The highest BCUT2D eigenvalue weighted by molar-refractivity contribution is 7.89. The van der Waals surface area contributed by atoms with E-state index in [1.807, 2.05) is 14.1 Å². The van der Waals surface area contributed by atoms with Crippen molar-refractivity contribution in [1.82, 2.24) is 9.62 Å². The van der Waals surface area contributed by atoms with Crippen molar-refractivity contribution in [3.05, 3.63) is 24.0 Å². The minimum atomic E-state index is -3.94. The number of nitrogens with one attached hydrogen (secondary N) is 1. The predicted molar refractivity (Wildman–Crippen MR) is 94.7 cm³/mol. The number of hydrogen-bond acceptors (Lipinski definition) is 4. The number of nitrogens with zero attached hydrogens (tertiary/aromatic N) is 1. The predicted octanol–water partition coefficient (Wildman–Crippen LogP) is 3.26. The summed E-state index contributed by atoms with van der Waals surface area (Å²) in [5, 5.41) is 0. The molecule has 0 heterocycles. The number of halogens is 3. The van der Waals surface area contributed by atoms with Crippen LogP contribution >= 0.6 is 0 Å². The first-order valence-electron chi connectivity index (χ1n) is 8.32. The molecule has 0 spiro atoms. The molecule has 9 heteroatoms. The maximum absolute atomic E-state index is 13.6. The summed E-state index contributed by atoms with van der Waals surface area (Å²) in [5.74, 6) is -1.41. The number of hydrogen-bond donors (Lipinski definition) is 1. The van der Waals surface area contributed by atoms with Crippen LogP contribution in [-0.4, -0.2) is 52.5 Å². The molecule has 0 saturated carbocycles. The normalized spacial score (nSPS) is 12.8. The summed E-state index contributed by atoms with van der Waals surface area (Å²) >= 11 is 0. The van der Waals surface area contributed by atoms with Gasteiger partial charge in [0.2, 0.25) is 10.0 Å². The van der Waals surface area contributed by atoms with Gasteiger partial charge in [0.15, 0.2) is 11.6 Å². The van der Waals surface area contributed by atoms with E-state index in [4.69, 9.17) is 0 Å². The molecular weight excluding hydrogens is 369 g/mol. The smallest absolute Gasteiger partial charge is 0.272 e. The first-order valence-corrected chi connectivity index (χ1v) is 9.80. The van der Waals surface area contributed by atoms with Crippen LogP contribution < -0.4 is 9.46 Å². The average molecular weight is 396 g/mol. The van der Waals surface area contributed by atoms with Gasteiger partial charge in [0.1, 0.15) is 6.61 Å². The Morgan fingerprint density at radius 3 is 2.46 bits per heavy atom. The van der Waals surface area contributed by atoms with E-state index in [9.17, 15) is 21.6 Å². The Labute approximate surface area is 153 Å². The van der Waals surface area contributed by atoms with Crippen molar-refractivity contribution in [2.45, 2.75) is 50.0 Å². The highest BCUT2D eigenvalue weighted by Gasteiger charge is 2.26. The average Bonchev–Trinajstić information content (AvgIpc) is 2.49. The Hall–Kier alpha value is -1.32. The SMILES string of the molecule is CN(C)CCCCC(C)(C)NS(=O)(=O)c1ccc(F)c(OCC(F)F)c1. The maximum atomic E-state index is 13.6. The molecule has 26 heavy (non-hydrogen) atoms. The van der Waals surface area contributed by atoms with Gasteiger partial charge < -0.3 is 9.64 Å². The lowest BCUT2D eigenvalue weighted by molar-refractivity contribution is 0.0798. The summed E-state index contributed by atoms with van der Waals surface area (Å²) < 4.78 is 70.4. The zero-order chi connectivity index (χ0) is 20.0. The summed E-state index contributed by atoms with van der Waals surface area (Å²) in [4.78, 5) is 1.82. The number of rotatable bonds is 11. The van der Waals surface area contributed by atoms with Gasteiger partial charge in [0.25, 0.3) is 6.43 Å². The molecule has 0 atom stereocenters. The maximum Gasteiger partial charge on any atom is 0.272 e. The minimum Gasteiger partial charge on any atom is -0.485 e. The highest BCUT2D eigenvalue weighted by atomic mass is 32.2. The van der Waals surface area contributed by atoms with E-state index in [2.05, 4.69) is 14.4 Å². The fraction of sp³-hybridized carbons (Fsp3) is 0.647. The fourth-order valence-electron chi connectivity index (χ4n) is 2.38. The Morgan fingerprint density at radius 1 is 1.23 bits per heavy atom. The van der Waals surface area contributed by atoms with Crippen LogP contribution in [0, 0.1) is 5.82 Å². The molecule has 1 rings (SSSR count). The number of sulfonamides is 1. The molecular formula is C17H27F3N2O3S. The summed E-state index contributed by atoms with van der Waals surface area (Å²) in [6.45, 7) is 3.42. The van der Waals surface area contributed by atoms with E-state index in [1.165, 1.54) is 0 Å². The zero-order valence-corrected chi connectivity index (χ0v) is 16.4. The molecule has 1 aromatic carbocycles. The van der Waals surface area contributed by atoms with Gasteiger partial charge in [-0.25, -0.2) is 26.3 Å². The molecule has 0 radical (unpaired) electrons. The number of alkyl halides is 2. The van der Waals surface area contributed by atoms with Crippen molar-refractivity contribution >= 4 is 10.0 Å². The Kier molecular flexibility index (Phi) is 8.36. The molecule has 0 amide bonds. The Bertz CT molecular complexity index is 680. The van der Waals surface area contributed by atoms with E-state index >= 15 is 0 Å². The van der Waals surface area contributed by atoms with Crippen LogP contribution in [0.25, 0.3) is 0 Å². The monoisotopic (exact) mass is 396 g/mol. The van der Waals surface area contributed by atoms with Gasteiger partial charge in [-0.15, -0.1) is 0 Å². The molecule has 5 nitrogen and oxygen atoms in total. The summed E-state index contributed by atoms with van der Waals surface area (Å²) in [6, 6.07) is 2.89. The van der Waals surface area contributed by atoms with Crippen LogP contribution in [0.15, 0.2) is 23.1 Å². The molecule has 0 fully saturated rings. The highest BCUT2D eigenvalue weighted by Crippen LogP contribution is 2.24. The quantitative estimate of drug-likeness (QED) is 0.584. The third-order valence-electron chi connectivity index (χ3n) is 3.65. The molecule has 0 aliphatic rings. The van der Waals surface area contributed by atoms with Crippen LogP contribution in [0.5, 0.6) is 5.75 Å². The standard InChI is InChI=1S/C17H27F3N2O3S/c1-17(2,9-5-6-10-22(3)4)21-26(23,24)13-7-8-14(18)15(11-13)25-12-16(19)20/h7-8,11,16,21H,5-6,9-10,12H2,1-4H3. The molecule has 1 N–H and O–H groups in total. The lowest BCUT2D eigenvalue weighted by Crippen LogP contribution is -2.43. The second-order valence-corrected chi connectivity index (χ2v) is 8.73. The van der Waals surface area contributed by atoms with Gasteiger partial charge >= 0.3 is 0 Å².